The maximum atomic E-state index is 12.8. The number of anilines is 1. The smallest absolute Gasteiger partial charge is 0.237 e. The molecule has 2 heterocycles. The molecule has 6 nitrogen and oxygen atoms in total. The van der Waals surface area contributed by atoms with Crippen molar-refractivity contribution in [3.8, 4) is 6.07 Å². The van der Waals surface area contributed by atoms with Crippen LogP contribution in [0.15, 0.2) is 18.3 Å². The number of nitrogens with zero attached hydrogens (tertiary/aromatic N) is 4. The molecule has 1 amide bonds. The Morgan fingerprint density at radius 3 is 2.85 bits per heavy atom. The lowest BCUT2D eigenvalue weighted by atomic mass is 9.86. The first-order valence-electron chi connectivity index (χ1n) is 10.2. The topological polar surface area (TPSA) is 72.3 Å². The number of aromatic nitrogens is 1. The molecule has 0 bridgehead atoms. The summed E-state index contributed by atoms with van der Waals surface area (Å²) in [5, 5.41) is 12.6. The summed E-state index contributed by atoms with van der Waals surface area (Å²) in [5.74, 6) is 1.48. The van der Waals surface area contributed by atoms with Gasteiger partial charge in [0, 0.05) is 38.4 Å². The minimum absolute atomic E-state index is 0.127. The third-order valence-electron chi connectivity index (χ3n) is 6.10. The zero-order valence-corrected chi connectivity index (χ0v) is 16.5. The predicted molar refractivity (Wildman–Crippen MR) is 106 cm³/mol. The van der Waals surface area contributed by atoms with Crippen molar-refractivity contribution in [3.05, 3.63) is 23.9 Å². The molecular formula is C21H31N5O. The Kier molecular flexibility index (Phi) is 6.68. The highest BCUT2D eigenvalue weighted by Gasteiger charge is 2.28. The van der Waals surface area contributed by atoms with Gasteiger partial charge in [0.1, 0.15) is 11.9 Å². The van der Waals surface area contributed by atoms with E-state index in [0.717, 1.165) is 44.8 Å². The number of rotatable bonds is 4. The molecule has 2 fully saturated rings. The molecule has 146 valence electrons. The van der Waals surface area contributed by atoms with Gasteiger partial charge in [-0.3, -0.25) is 9.69 Å². The number of amides is 1. The van der Waals surface area contributed by atoms with E-state index in [0.29, 0.717) is 17.5 Å². The van der Waals surface area contributed by atoms with Crippen molar-refractivity contribution in [2.75, 3.05) is 31.1 Å². The average Bonchev–Trinajstić information content (AvgIpc) is 2.95. The summed E-state index contributed by atoms with van der Waals surface area (Å²) >= 11 is 0. The zero-order chi connectivity index (χ0) is 19.2. The third kappa shape index (κ3) is 4.78. The molecule has 0 spiro atoms. The molecule has 3 rings (SSSR count). The second kappa shape index (κ2) is 9.18. The van der Waals surface area contributed by atoms with E-state index in [2.05, 4.69) is 33.1 Å². The summed E-state index contributed by atoms with van der Waals surface area (Å²) in [6.07, 6.45) is 7.50. The minimum Gasteiger partial charge on any atom is -0.354 e. The van der Waals surface area contributed by atoms with Crippen LogP contribution in [0.3, 0.4) is 0 Å². The summed E-state index contributed by atoms with van der Waals surface area (Å²) in [7, 11) is 0. The van der Waals surface area contributed by atoms with E-state index in [-0.39, 0.29) is 11.9 Å². The van der Waals surface area contributed by atoms with Crippen LogP contribution in [0.25, 0.3) is 0 Å². The molecule has 1 saturated heterocycles. The van der Waals surface area contributed by atoms with Gasteiger partial charge in [-0.05, 0) is 44.2 Å². The quantitative estimate of drug-likeness (QED) is 0.883. The van der Waals surface area contributed by atoms with Crippen LogP contribution >= 0.6 is 0 Å². The zero-order valence-electron chi connectivity index (χ0n) is 16.5. The van der Waals surface area contributed by atoms with Gasteiger partial charge in [-0.25, -0.2) is 4.98 Å². The van der Waals surface area contributed by atoms with Gasteiger partial charge in [0.05, 0.1) is 11.6 Å². The Balaban J connectivity index is 1.58. The number of carbonyl (C=O) groups is 1. The van der Waals surface area contributed by atoms with Crippen LogP contribution in [-0.4, -0.2) is 54.1 Å². The Bertz CT molecular complexity index is 685. The van der Waals surface area contributed by atoms with Crippen molar-refractivity contribution in [3.63, 3.8) is 0 Å². The first-order valence-corrected chi connectivity index (χ1v) is 10.2. The fourth-order valence-electron chi connectivity index (χ4n) is 4.27. The van der Waals surface area contributed by atoms with Crippen molar-refractivity contribution in [2.24, 2.45) is 5.92 Å². The molecule has 3 unspecified atom stereocenters. The average molecular weight is 370 g/mol. The second-order valence-electron chi connectivity index (χ2n) is 7.92. The van der Waals surface area contributed by atoms with E-state index < -0.39 is 0 Å². The fraction of sp³-hybridized carbons (Fsp3) is 0.667. The highest BCUT2D eigenvalue weighted by Crippen LogP contribution is 2.24. The molecule has 3 atom stereocenters. The van der Waals surface area contributed by atoms with Crippen LogP contribution in [-0.2, 0) is 4.79 Å². The molecule has 27 heavy (non-hydrogen) atoms. The largest absolute Gasteiger partial charge is 0.354 e. The van der Waals surface area contributed by atoms with E-state index in [1.807, 2.05) is 13.0 Å². The first-order chi connectivity index (χ1) is 13.1. The highest BCUT2D eigenvalue weighted by atomic mass is 16.2. The van der Waals surface area contributed by atoms with Crippen molar-refractivity contribution in [2.45, 2.75) is 58.0 Å². The van der Waals surface area contributed by atoms with Gasteiger partial charge in [0.15, 0.2) is 0 Å². The number of carbonyl (C=O) groups excluding carboxylic acids is 1. The lowest BCUT2D eigenvalue weighted by Gasteiger charge is -2.33. The summed E-state index contributed by atoms with van der Waals surface area (Å²) in [4.78, 5) is 21.6. The third-order valence-corrected chi connectivity index (χ3v) is 6.10. The van der Waals surface area contributed by atoms with Crippen molar-refractivity contribution in [1.82, 2.24) is 15.2 Å². The number of hydrogen-bond donors (Lipinski definition) is 1. The maximum Gasteiger partial charge on any atom is 0.237 e. The molecule has 1 aromatic rings. The SMILES string of the molecule is CC1CCCCC1NC(=O)C(C)N1CCCN(c2ncccc2C#N)CC1. The molecule has 1 aliphatic carbocycles. The van der Waals surface area contributed by atoms with Gasteiger partial charge in [0.2, 0.25) is 5.91 Å². The van der Waals surface area contributed by atoms with Gasteiger partial charge in [-0.1, -0.05) is 19.8 Å². The summed E-state index contributed by atoms with van der Waals surface area (Å²) < 4.78 is 0. The number of nitrogens with one attached hydrogen (secondary N) is 1. The standard InChI is InChI=1S/C21H31N5O/c1-16-7-3-4-9-19(16)24-21(27)17(2)25-11-6-12-26(14-13-25)20-18(15-22)8-5-10-23-20/h5,8,10,16-17,19H,3-4,6-7,9,11-14H2,1-2H3,(H,24,27). The maximum absolute atomic E-state index is 12.8. The van der Waals surface area contributed by atoms with E-state index in [4.69, 9.17) is 0 Å². The van der Waals surface area contributed by atoms with Crippen LogP contribution in [0.1, 0.15) is 51.5 Å². The monoisotopic (exact) mass is 369 g/mol. The van der Waals surface area contributed by atoms with E-state index in [1.165, 1.54) is 19.3 Å². The molecule has 1 N–H and O–H groups in total. The van der Waals surface area contributed by atoms with Crippen LogP contribution in [0.4, 0.5) is 5.82 Å². The first kappa shape index (κ1) is 19.6. The van der Waals surface area contributed by atoms with Gasteiger partial charge >= 0.3 is 0 Å². The molecule has 1 saturated carbocycles. The Morgan fingerprint density at radius 1 is 1.26 bits per heavy atom. The van der Waals surface area contributed by atoms with E-state index >= 15 is 0 Å². The van der Waals surface area contributed by atoms with Crippen molar-refractivity contribution >= 4 is 11.7 Å². The Hall–Kier alpha value is -2.13. The predicted octanol–water partition coefficient (Wildman–Crippen LogP) is 2.55. The number of nitriles is 1. The van der Waals surface area contributed by atoms with E-state index in [1.54, 1.807) is 12.3 Å². The Labute approximate surface area is 162 Å². The molecule has 6 heteroatoms. The molecule has 0 radical (unpaired) electrons. The lowest BCUT2D eigenvalue weighted by molar-refractivity contribution is -0.127. The second-order valence-corrected chi connectivity index (χ2v) is 7.92. The van der Waals surface area contributed by atoms with Gasteiger partial charge < -0.3 is 10.2 Å². The molecule has 1 aliphatic heterocycles. The molecule has 2 aliphatic rings. The Morgan fingerprint density at radius 2 is 2.07 bits per heavy atom. The normalized spacial score (nSPS) is 25.3. The van der Waals surface area contributed by atoms with Gasteiger partial charge in [-0.2, -0.15) is 5.26 Å². The number of hydrogen-bond acceptors (Lipinski definition) is 5. The van der Waals surface area contributed by atoms with E-state index in [9.17, 15) is 10.1 Å². The summed E-state index contributed by atoms with van der Waals surface area (Å²) in [6.45, 7) is 7.59. The lowest BCUT2D eigenvalue weighted by Crippen LogP contribution is -2.51. The molecule has 1 aromatic heterocycles. The van der Waals surface area contributed by atoms with Crippen LogP contribution in [0.2, 0.25) is 0 Å². The number of pyridine rings is 1. The van der Waals surface area contributed by atoms with Crippen LogP contribution in [0, 0.1) is 17.2 Å². The van der Waals surface area contributed by atoms with Crippen molar-refractivity contribution in [1.29, 1.82) is 5.26 Å². The fourth-order valence-corrected chi connectivity index (χ4v) is 4.27. The van der Waals surface area contributed by atoms with Crippen LogP contribution < -0.4 is 10.2 Å². The van der Waals surface area contributed by atoms with Gasteiger partial charge in [-0.15, -0.1) is 0 Å². The summed E-state index contributed by atoms with van der Waals surface area (Å²) in [5.41, 5.74) is 0.614. The molecule has 0 aromatic carbocycles. The highest BCUT2D eigenvalue weighted by molar-refractivity contribution is 5.81. The summed E-state index contributed by atoms with van der Waals surface area (Å²) in [6, 6.07) is 6.04. The molecular weight excluding hydrogens is 338 g/mol. The minimum atomic E-state index is -0.127. The van der Waals surface area contributed by atoms with Crippen LogP contribution in [0.5, 0.6) is 0 Å². The van der Waals surface area contributed by atoms with Gasteiger partial charge in [0.25, 0.3) is 0 Å². The van der Waals surface area contributed by atoms with Crippen molar-refractivity contribution < 1.29 is 4.79 Å².